The largest absolute Gasteiger partial charge is 0.330 e. The number of nitrogens with one attached hydrogen (secondary N) is 1. The summed E-state index contributed by atoms with van der Waals surface area (Å²) in [6, 6.07) is 3.28. The average Bonchev–Trinajstić information content (AvgIpc) is 2.85. The minimum absolute atomic E-state index is 0.284. The Morgan fingerprint density at radius 3 is 2.43 bits per heavy atom. The first-order valence-corrected chi connectivity index (χ1v) is 8.47. The Morgan fingerprint density at radius 1 is 1.24 bits per heavy atom. The number of halogens is 1. The van der Waals surface area contributed by atoms with E-state index in [1.165, 1.54) is 4.90 Å². The van der Waals surface area contributed by atoms with Crippen LogP contribution < -0.4 is 5.32 Å². The van der Waals surface area contributed by atoms with Crippen LogP contribution in [0.25, 0.3) is 0 Å². The minimum atomic E-state index is -1.11. The van der Waals surface area contributed by atoms with E-state index in [1.54, 1.807) is 25.2 Å². The van der Waals surface area contributed by atoms with Gasteiger partial charge in [-0.25, -0.2) is 4.79 Å². The summed E-state index contributed by atoms with van der Waals surface area (Å²) in [5, 5.41) is 2.32. The highest BCUT2D eigenvalue weighted by molar-refractivity contribution is 9.11. The van der Waals surface area contributed by atoms with Crippen molar-refractivity contribution >= 4 is 45.1 Å². The van der Waals surface area contributed by atoms with Gasteiger partial charge >= 0.3 is 6.03 Å². The van der Waals surface area contributed by atoms with Crippen LogP contribution in [-0.2, 0) is 16.0 Å². The number of carbonyl (C=O) groups excluding carboxylic acids is 3. The molecule has 0 atom stereocenters. The lowest BCUT2D eigenvalue weighted by atomic mass is 9.78. The number of rotatable bonds is 5. The van der Waals surface area contributed by atoms with Crippen LogP contribution in [0.3, 0.4) is 0 Å². The van der Waals surface area contributed by atoms with E-state index in [-0.39, 0.29) is 12.5 Å². The molecule has 7 heteroatoms. The van der Waals surface area contributed by atoms with Crippen LogP contribution in [0, 0.1) is 5.41 Å². The second kappa shape index (κ2) is 6.27. The molecule has 1 aromatic rings. The SMILES string of the molecule is CCC1(CC)C(=O)NC(=O)N(CCc2ccc(Br)s2)C1=O. The van der Waals surface area contributed by atoms with Gasteiger partial charge in [-0.2, -0.15) is 0 Å². The third kappa shape index (κ3) is 2.89. The maximum absolute atomic E-state index is 12.6. The lowest BCUT2D eigenvalue weighted by molar-refractivity contribution is -0.152. The number of hydrogen-bond acceptors (Lipinski definition) is 4. The van der Waals surface area contributed by atoms with Crippen molar-refractivity contribution < 1.29 is 14.4 Å². The Kier molecular flexibility index (Phi) is 4.83. The van der Waals surface area contributed by atoms with Gasteiger partial charge in [0, 0.05) is 17.8 Å². The van der Waals surface area contributed by atoms with Gasteiger partial charge in [0.2, 0.25) is 11.8 Å². The molecule has 0 aliphatic carbocycles. The molecule has 1 fully saturated rings. The van der Waals surface area contributed by atoms with E-state index in [1.807, 2.05) is 12.1 Å². The lowest BCUT2D eigenvalue weighted by Gasteiger charge is -2.38. The van der Waals surface area contributed by atoms with Gasteiger partial charge in [0.1, 0.15) is 5.41 Å². The summed E-state index contributed by atoms with van der Waals surface area (Å²) in [7, 11) is 0. The van der Waals surface area contributed by atoms with Gasteiger partial charge in [-0.1, -0.05) is 13.8 Å². The molecule has 0 unspecified atom stereocenters. The monoisotopic (exact) mass is 372 g/mol. The van der Waals surface area contributed by atoms with Crippen molar-refractivity contribution in [1.29, 1.82) is 0 Å². The van der Waals surface area contributed by atoms with Crippen molar-refractivity contribution in [2.24, 2.45) is 5.41 Å². The number of barbiturate groups is 1. The number of nitrogens with zero attached hydrogens (tertiary/aromatic N) is 1. The van der Waals surface area contributed by atoms with E-state index in [9.17, 15) is 14.4 Å². The van der Waals surface area contributed by atoms with Gasteiger partial charge in [-0.05, 0) is 40.9 Å². The lowest BCUT2D eigenvalue weighted by Crippen LogP contribution is -2.63. The Labute approximate surface area is 135 Å². The molecule has 1 N–H and O–H groups in total. The quantitative estimate of drug-likeness (QED) is 0.807. The zero-order valence-corrected chi connectivity index (χ0v) is 14.3. The summed E-state index contributed by atoms with van der Waals surface area (Å²) in [6.45, 7) is 3.88. The zero-order valence-electron chi connectivity index (χ0n) is 11.9. The molecule has 0 bridgehead atoms. The van der Waals surface area contributed by atoms with Crippen LogP contribution in [0.5, 0.6) is 0 Å². The number of hydrogen-bond donors (Lipinski definition) is 1. The molecular weight excluding hydrogens is 356 g/mol. The second-order valence-corrected chi connectivity index (χ2v) is 7.51. The van der Waals surface area contributed by atoms with E-state index in [0.717, 1.165) is 8.66 Å². The molecule has 0 saturated carbocycles. The zero-order chi connectivity index (χ0) is 15.6. The molecule has 0 aromatic carbocycles. The fourth-order valence-corrected chi connectivity index (χ4v) is 3.99. The van der Waals surface area contributed by atoms with E-state index < -0.39 is 17.4 Å². The maximum atomic E-state index is 12.6. The third-order valence-corrected chi connectivity index (χ3v) is 5.66. The molecular formula is C14H17BrN2O3S. The van der Waals surface area contributed by atoms with Crippen molar-refractivity contribution in [3.8, 4) is 0 Å². The summed E-state index contributed by atoms with van der Waals surface area (Å²) in [5.41, 5.74) is -1.11. The molecule has 1 aliphatic heterocycles. The van der Waals surface area contributed by atoms with Gasteiger partial charge in [-0.15, -0.1) is 11.3 Å². The molecule has 5 nitrogen and oxygen atoms in total. The summed E-state index contributed by atoms with van der Waals surface area (Å²) in [5.74, 6) is -0.852. The molecule has 0 radical (unpaired) electrons. The summed E-state index contributed by atoms with van der Waals surface area (Å²) >= 11 is 4.96. The molecule has 2 heterocycles. The molecule has 1 aliphatic rings. The number of urea groups is 1. The smallest absolute Gasteiger partial charge is 0.277 e. The Hall–Kier alpha value is -1.21. The first-order chi connectivity index (χ1) is 9.94. The predicted molar refractivity (Wildman–Crippen MR) is 84.0 cm³/mol. The van der Waals surface area contributed by atoms with Crippen LogP contribution in [0.4, 0.5) is 4.79 Å². The highest BCUT2D eigenvalue weighted by atomic mass is 79.9. The molecule has 114 valence electrons. The number of carbonyl (C=O) groups is 3. The second-order valence-electron chi connectivity index (χ2n) is 4.96. The first kappa shape index (κ1) is 16.2. The molecule has 21 heavy (non-hydrogen) atoms. The van der Waals surface area contributed by atoms with Crippen LogP contribution in [0.1, 0.15) is 31.6 Å². The van der Waals surface area contributed by atoms with E-state index in [4.69, 9.17) is 0 Å². The molecule has 0 spiro atoms. The van der Waals surface area contributed by atoms with Crippen LogP contribution in [0.2, 0.25) is 0 Å². The molecule has 1 aromatic heterocycles. The number of thiophene rings is 1. The van der Waals surface area contributed by atoms with Crippen LogP contribution in [-0.4, -0.2) is 29.3 Å². The van der Waals surface area contributed by atoms with Gasteiger partial charge in [-0.3, -0.25) is 19.8 Å². The molecule has 2 rings (SSSR count). The fraction of sp³-hybridized carbons (Fsp3) is 0.500. The minimum Gasteiger partial charge on any atom is -0.277 e. The average molecular weight is 373 g/mol. The normalized spacial score (nSPS) is 18.0. The van der Waals surface area contributed by atoms with Gasteiger partial charge < -0.3 is 0 Å². The maximum Gasteiger partial charge on any atom is 0.330 e. The van der Waals surface area contributed by atoms with Crippen LogP contribution in [0.15, 0.2) is 15.9 Å². The summed E-state index contributed by atoms with van der Waals surface area (Å²) in [4.78, 5) is 38.8. The fourth-order valence-electron chi connectivity index (χ4n) is 2.52. The van der Waals surface area contributed by atoms with E-state index in [0.29, 0.717) is 19.3 Å². The number of amides is 4. The van der Waals surface area contributed by atoms with E-state index >= 15 is 0 Å². The van der Waals surface area contributed by atoms with Crippen molar-refractivity contribution in [2.75, 3.05) is 6.54 Å². The highest BCUT2D eigenvalue weighted by Gasteiger charge is 2.51. The standard InChI is InChI=1S/C14H17BrN2O3S/c1-3-14(4-2)11(18)16-13(20)17(12(14)19)8-7-9-5-6-10(15)21-9/h5-6H,3-4,7-8H2,1-2H3,(H,16,18,20). The Bertz CT molecular complexity index is 581. The topological polar surface area (TPSA) is 66.5 Å². The third-order valence-electron chi connectivity index (χ3n) is 3.97. The summed E-state index contributed by atoms with van der Waals surface area (Å²) < 4.78 is 1.01. The molecule has 4 amide bonds. The first-order valence-electron chi connectivity index (χ1n) is 6.86. The highest BCUT2D eigenvalue weighted by Crippen LogP contribution is 2.32. The molecule has 1 saturated heterocycles. The summed E-state index contributed by atoms with van der Waals surface area (Å²) in [6.07, 6.45) is 1.37. The van der Waals surface area contributed by atoms with E-state index in [2.05, 4.69) is 21.2 Å². The number of imide groups is 2. The Balaban J connectivity index is 2.16. The van der Waals surface area contributed by atoms with Crippen molar-refractivity contribution in [3.63, 3.8) is 0 Å². The van der Waals surface area contributed by atoms with Gasteiger partial charge in [0.05, 0.1) is 3.79 Å². The van der Waals surface area contributed by atoms with Crippen LogP contribution >= 0.6 is 27.3 Å². The van der Waals surface area contributed by atoms with Crippen molar-refractivity contribution in [3.05, 3.63) is 20.8 Å². The Morgan fingerprint density at radius 2 is 1.90 bits per heavy atom. The van der Waals surface area contributed by atoms with Crippen molar-refractivity contribution in [2.45, 2.75) is 33.1 Å². The van der Waals surface area contributed by atoms with Gasteiger partial charge in [0.15, 0.2) is 0 Å². The van der Waals surface area contributed by atoms with Crippen molar-refractivity contribution in [1.82, 2.24) is 10.2 Å². The van der Waals surface area contributed by atoms with Gasteiger partial charge in [0.25, 0.3) is 0 Å². The predicted octanol–water partition coefficient (Wildman–Crippen LogP) is 2.94.